The molecule has 0 aliphatic heterocycles. The molecule has 0 saturated heterocycles. The Morgan fingerprint density at radius 1 is 1.62 bits per heavy atom. The number of ether oxygens (including phenoxy) is 1. The topological polar surface area (TPSA) is 39.2 Å². The van der Waals surface area contributed by atoms with Crippen molar-refractivity contribution in [1.29, 1.82) is 0 Å². The summed E-state index contributed by atoms with van der Waals surface area (Å²) in [6.07, 6.45) is 3.97. The molecule has 1 aromatic heterocycles. The maximum Gasteiger partial charge on any atom is 0.319 e. The SMILES string of the molecule is COC(=O)C(Sc1ccc(Br)cn1)C1CC1. The zero-order chi connectivity index (χ0) is 11.5. The van der Waals surface area contributed by atoms with Gasteiger partial charge in [-0.05, 0) is 46.8 Å². The van der Waals surface area contributed by atoms with E-state index in [0.29, 0.717) is 5.92 Å². The van der Waals surface area contributed by atoms with Crippen LogP contribution in [0.5, 0.6) is 0 Å². The molecule has 0 amide bonds. The van der Waals surface area contributed by atoms with E-state index < -0.39 is 0 Å². The van der Waals surface area contributed by atoms with Crippen LogP contribution in [0, 0.1) is 5.92 Å². The van der Waals surface area contributed by atoms with Crippen LogP contribution in [0.15, 0.2) is 27.8 Å². The van der Waals surface area contributed by atoms with E-state index >= 15 is 0 Å². The smallest absolute Gasteiger partial charge is 0.319 e. The molecule has 0 spiro atoms. The highest BCUT2D eigenvalue weighted by atomic mass is 79.9. The quantitative estimate of drug-likeness (QED) is 0.633. The first kappa shape index (κ1) is 11.9. The number of halogens is 1. The van der Waals surface area contributed by atoms with Gasteiger partial charge in [0.2, 0.25) is 0 Å². The van der Waals surface area contributed by atoms with Crippen molar-refractivity contribution >= 4 is 33.7 Å². The van der Waals surface area contributed by atoms with Crippen LogP contribution in [0.3, 0.4) is 0 Å². The van der Waals surface area contributed by atoms with E-state index in [1.54, 1.807) is 6.20 Å². The van der Waals surface area contributed by atoms with Gasteiger partial charge in [-0.1, -0.05) is 11.8 Å². The predicted octanol–water partition coefficient (Wildman–Crippen LogP) is 2.89. The Bertz CT molecular complexity index is 378. The lowest BCUT2D eigenvalue weighted by Crippen LogP contribution is -2.20. The van der Waals surface area contributed by atoms with Gasteiger partial charge >= 0.3 is 5.97 Å². The van der Waals surface area contributed by atoms with E-state index in [9.17, 15) is 4.79 Å². The Balaban J connectivity index is 2.05. The van der Waals surface area contributed by atoms with Gasteiger partial charge in [-0.25, -0.2) is 4.98 Å². The summed E-state index contributed by atoms with van der Waals surface area (Å²) in [5.41, 5.74) is 0. The Hall–Kier alpha value is -0.550. The van der Waals surface area contributed by atoms with Crippen LogP contribution in [0.2, 0.25) is 0 Å². The number of pyridine rings is 1. The molecule has 0 bridgehead atoms. The van der Waals surface area contributed by atoms with Crippen molar-refractivity contribution in [3.8, 4) is 0 Å². The van der Waals surface area contributed by atoms with Crippen LogP contribution in [0.25, 0.3) is 0 Å². The number of esters is 1. The van der Waals surface area contributed by atoms with Crippen molar-refractivity contribution in [3.05, 3.63) is 22.8 Å². The molecule has 16 heavy (non-hydrogen) atoms. The average molecular weight is 302 g/mol. The fourth-order valence-corrected chi connectivity index (χ4v) is 2.83. The highest BCUT2D eigenvalue weighted by molar-refractivity contribution is 9.10. The van der Waals surface area contributed by atoms with Crippen LogP contribution in [-0.4, -0.2) is 23.3 Å². The third kappa shape index (κ3) is 2.98. The van der Waals surface area contributed by atoms with E-state index in [-0.39, 0.29) is 11.2 Å². The number of hydrogen-bond acceptors (Lipinski definition) is 4. The predicted molar refractivity (Wildman–Crippen MR) is 66.3 cm³/mol. The number of thioether (sulfide) groups is 1. The monoisotopic (exact) mass is 301 g/mol. The normalized spacial score (nSPS) is 16.9. The lowest BCUT2D eigenvalue weighted by molar-refractivity contribution is -0.140. The number of rotatable bonds is 4. The summed E-state index contributed by atoms with van der Waals surface area (Å²) >= 11 is 4.83. The van der Waals surface area contributed by atoms with Crippen molar-refractivity contribution < 1.29 is 9.53 Å². The van der Waals surface area contributed by atoms with Crippen molar-refractivity contribution in [2.75, 3.05) is 7.11 Å². The summed E-state index contributed by atoms with van der Waals surface area (Å²) < 4.78 is 5.76. The molecule has 0 N–H and O–H groups in total. The molecular formula is C11H12BrNO2S. The zero-order valence-corrected chi connectivity index (χ0v) is 11.3. The first-order valence-corrected chi connectivity index (χ1v) is 6.74. The fraction of sp³-hybridized carbons (Fsp3) is 0.455. The molecule has 0 aromatic carbocycles. The van der Waals surface area contributed by atoms with Gasteiger partial charge < -0.3 is 4.74 Å². The third-order valence-corrected chi connectivity index (χ3v) is 4.21. The second-order valence-electron chi connectivity index (χ2n) is 3.71. The van der Waals surface area contributed by atoms with Gasteiger partial charge in [0.05, 0.1) is 12.1 Å². The molecular weight excluding hydrogens is 290 g/mol. The van der Waals surface area contributed by atoms with Crippen LogP contribution in [0.4, 0.5) is 0 Å². The Labute approximate surface area is 107 Å². The molecule has 1 aliphatic carbocycles. The number of carbonyl (C=O) groups excluding carboxylic acids is 1. The van der Waals surface area contributed by atoms with Crippen molar-refractivity contribution in [2.24, 2.45) is 5.92 Å². The largest absolute Gasteiger partial charge is 0.468 e. The van der Waals surface area contributed by atoms with Gasteiger partial charge in [-0.15, -0.1) is 0 Å². The molecule has 1 fully saturated rings. The van der Waals surface area contributed by atoms with Crippen LogP contribution in [-0.2, 0) is 9.53 Å². The van der Waals surface area contributed by atoms with E-state index in [0.717, 1.165) is 22.3 Å². The molecule has 1 atom stereocenters. The molecule has 0 radical (unpaired) electrons. The lowest BCUT2D eigenvalue weighted by Gasteiger charge is -2.12. The van der Waals surface area contributed by atoms with Crippen molar-refractivity contribution in [3.63, 3.8) is 0 Å². The maximum atomic E-state index is 11.6. The minimum atomic E-state index is -0.141. The molecule has 1 aromatic rings. The highest BCUT2D eigenvalue weighted by Crippen LogP contribution is 2.41. The lowest BCUT2D eigenvalue weighted by atomic mass is 10.3. The van der Waals surface area contributed by atoms with Gasteiger partial charge in [-0.2, -0.15) is 0 Å². The average Bonchev–Trinajstić information content (AvgIpc) is 3.11. The van der Waals surface area contributed by atoms with Gasteiger partial charge in [-0.3, -0.25) is 4.79 Å². The number of methoxy groups -OCH3 is 1. The first-order chi connectivity index (χ1) is 7.70. The third-order valence-electron chi connectivity index (χ3n) is 2.43. The number of hydrogen-bond donors (Lipinski definition) is 0. The zero-order valence-electron chi connectivity index (χ0n) is 8.85. The molecule has 1 unspecified atom stereocenters. The summed E-state index contributed by atoms with van der Waals surface area (Å²) in [4.78, 5) is 15.8. The summed E-state index contributed by atoms with van der Waals surface area (Å²) in [5.74, 6) is 0.320. The van der Waals surface area contributed by atoms with Gasteiger partial charge in [0.25, 0.3) is 0 Å². The summed E-state index contributed by atoms with van der Waals surface area (Å²) in [6.45, 7) is 0. The molecule has 1 heterocycles. The molecule has 1 aliphatic rings. The Morgan fingerprint density at radius 3 is 2.88 bits per heavy atom. The standard InChI is InChI=1S/C11H12BrNO2S/c1-15-11(14)10(7-2-3-7)16-9-5-4-8(12)6-13-9/h4-7,10H,2-3H2,1H3. The van der Waals surface area contributed by atoms with Crippen molar-refractivity contribution in [1.82, 2.24) is 4.98 Å². The van der Waals surface area contributed by atoms with E-state index in [2.05, 4.69) is 20.9 Å². The summed E-state index contributed by atoms with van der Waals surface area (Å²) in [6, 6.07) is 3.84. The van der Waals surface area contributed by atoms with E-state index in [1.807, 2.05) is 12.1 Å². The highest BCUT2D eigenvalue weighted by Gasteiger charge is 2.37. The summed E-state index contributed by atoms with van der Waals surface area (Å²) in [5, 5.41) is 0.768. The molecule has 2 rings (SSSR count). The van der Waals surface area contributed by atoms with Crippen molar-refractivity contribution in [2.45, 2.75) is 23.1 Å². The second kappa shape index (κ2) is 5.19. The van der Waals surface area contributed by atoms with Crippen LogP contribution < -0.4 is 0 Å². The minimum Gasteiger partial charge on any atom is -0.468 e. The molecule has 5 heteroatoms. The van der Waals surface area contributed by atoms with Gasteiger partial charge in [0, 0.05) is 10.7 Å². The number of carbonyl (C=O) groups is 1. The minimum absolute atomic E-state index is 0.0984. The van der Waals surface area contributed by atoms with Crippen LogP contribution >= 0.6 is 27.7 Å². The second-order valence-corrected chi connectivity index (χ2v) is 5.79. The summed E-state index contributed by atoms with van der Waals surface area (Å²) in [7, 11) is 1.44. The van der Waals surface area contributed by atoms with Gasteiger partial charge in [0.15, 0.2) is 0 Å². The molecule has 86 valence electrons. The fourth-order valence-electron chi connectivity index (χ4n) is 1.41. The maximum absolute atomic E-state index is 11.6. The van der Waals surface area contributed by atoms with Gasteiger partial charge in [0.1, 0.15) is 5.25 Å². The van der Waals surface area contributed by atoms with E-state index in [4.69, 9.17) is 4.74 Å². The molecule has 3 nitrogen and oxygen atoms in total. The van der Waals surface area contributed by atoms with Crippen LogP contribution in [0.1, 0.15) is 12.8 Å². The number of nitrogens with zero attached hydrogens (tertiary/aromatic N) is 1. The Kier molecular flexibility index (Phi) is 3.86. The Morgan fingerprint density at radius 2 is 2.38 bits per heavy atom. The van der Waals surface area contributed by atoms with E-state index in [1.165, 1.54) is 18.9 Å². The molecule has 1 saturated carbocycles. The number of aromatic nitrogens is 1. The first-order valence-electron chi connectivity index (χ1n) is 5.06.